The lowest BCUT2D eigenvalue weighted by Gasteiger charge is -2.22. The second-order valence-corrected chi connectivity index (χ2v) is 6.57. The number of carbonyl (C=O) groups excluding carboxylic acids is 1. The zero-order valence-corrected chi connectivity index (χ0v) is 14.8. The summed E-state index contributed by atoms with van der Waals surface area (Å²) >= 11 is 6.93. The second kappa shape index (κ2) is 6.80. The smallest absolute Gasteiger partial charge is 0.244 e. The largest absolute Gasteiger partial charge is 0.495 e. The number of amides is 1. The number of halogens is 2. The molecule has 2 rings (SSSR count). The van der Waals surface area contributed by atoms with Crippen LogP contribution in [0.2, 0.25) is 0 Å². The molecule has 0 aromatic heterocycles. The zero-order valence-electron chi connectivity index (χ0n) is 11.6. The van der Waals surface area contributed by atoms with Crippen molar-refractivity contribution in [3.05, 3.63) is 21.1 Å². The molecule has 0 spiro atoms. The molecule has 6 heteroatoms. The van der Waals surface area contributed by atoms with Crippen molar-refractivity contribution < 1.29 is 9.53 Å². The summed E-state index contributed by atoms with van der Waals surface area (Å²) in [6.45, 7) is 3.63. The van der Waals surface area contributed by atoms with Gasteiger partial charge in [0, 0.05) is 23.6 Å². The van der Waals surface area contributed by atoms with Crippen LogP contribution in [0.25, 0.3) is 0 Å². The molecular formula is C14H18Br2N2O2. The summed E-state index contributed by atoms with van der Waals surface area (Å²) in [5, 5.41) is 3.25. The average molecular weight is 406 g/mol. The van der Waals surface area contributed by atoms with Gasteiger partial charge in [0.1, 0.15) is 11.8 Å². The molecule has 4 nitrogen and oxygen atoms in total. The molecular weight excluding hydrogens is 388 g/mol. The lowest BCUT2D eigenvalue weighted by atomic mass is 10.2. The highest BCUT2D eigenvalue weighted by atomic mass is 79.9. The Kier molecular flexibility index (Phi) is 5.32. The highest BCUT2D eigenvalue weighted by molar-refractivity contribution is 9.11. The van der Waals surface area contributed by atoms with Crippen molar-refractivity contribution in [2.75, 3.05) is 25.5 Å². The van der Waals surface area contributed by atoms with Gasteiger partial charge in [0.05, 0.1) is 17.3 Å². The third-order valence-corrected chi connectivity index (χ3v) is 4.68. The standard InChI is InChI=1S/C14H18Br2N2O2/c1-9(14(19)18-5-3-4-6-18)17-12-8-13(20-2)11(16)7-10(12)15/h7-9,17H,3-6H2,1-2H3. The van der Waals surface area contributed by atoms with Crippen LogP contribution in [-0.4, -0.2) is 37.0 Å². The Morgan fingerprint density at radius 1 is 1.30 bits per heavy atom. The normalized spacial score (nSPS) is 16.1. The first-order chi connectivity index (χ1) is 9.52. The third-order valence-electron chi connectivity index (χ3n) is 3.40. The van der Waals surface area contributed by atoms with E-state index in [2.05, 4.69) is 37.2 Å². The quantitative estimate of drug-likeness (QED) is 0.831. The van der Waals surface area contributed by atoms with Crippen LogP contribution in [-0.2, 0) is 4.79 Å². The molecule has 110 valence electrons. The molecule has 1 fully saturated rings. The van der Waals surface area contributed by atoms with Crippen molar-refractivity contribution in [3.8, 4) is 5.75 Å². The maximum absolute atomic E-state index is 12.3. The number of rotatable bonds is 4. The van der Waals surface area contributed by atoms with Gasteiger partial charge < -0.3 is 15.0 Å². The van der Waals surface area contributed by atoms with Gasteiger partial charge in [-0.25, -0.2) is 0 Å². The topological polar surface area (TPSA) is 41.6 Å². The summed E-state index contributed by atoms with van der Waals surface area (Å²) in [7, 11) is 1.62. The summed E-state index contributed by atoms with van der Waals surface area (Å²) < 4.78 is 7.05. The van der Waals surface area contributed by atoms with Crippen LogP contribution in [0.15, 0.2) is 21.1 Å². The molecule has 1 aliphatic heterocycles. The Labute approximate surface area is 136 Å². The van der Waals surface area contributed by atoms with E-state index in [1.54, 1.807) is 7.11 Å². The van der Waals surface area contributed by atoms with Crippen LogP contribution in [0.3, 0.4) is 0 Å². The molecule has 1 N–H and O–H groups in total. The number of hydrogen-bond acceptors (Lipinski definition) is 3. The molecule has 1 amide bonds. The van der Waals surface area contributed by atoms with Gasteiger partial charge in [-0.05, 0) is 57.7 Å². The molecule has 1 unspecified atom stereocenters. The summed E-state index contributed by atoms with van der Waals surface area (Å²) in [4.78, 5) is 14.2. The summed E-state index contributed by atoms with van der Waals surface area (Å²) in [6, 6.07) is 3.53. The van der Waals surface area contributed by atoms with Crippen molar-refractivity contribution in [2.45, 2.75) is 25.8 Å². The number of carbonyl (C=O) groups is 1. The first kappa shape index (κ1) is 15.6. The van der Waals surface area contributed by atoms with Gasteiger partial charge in [-0.15, -0.1) is 0 Å². The van der Waals surface area contributed by atoms with Gasteiger partial charge in [-0.1, -0.05) is 0 Å². The van der Waals surface area contributed by atoms with E-state index in [4.69, 9.17) is 4.74 Å². The van der Waals surface area contributed by atoms with Gasteiger partial charge in [-0.3, -0.25) is 4.79 Å². The number of nitrogens with one attached hydrogen (secondary N) is 1. The lowest BCUT2D eigenvalue weighted by molar-refractivity contribution is -0.130. The number of hydrogen-bond donors (Lipinski definition) is 1. The number of ether oxygens (including phenoxy) is 1. The fourth-order valence-corrected chi connectivity index (χ4v) is 3.57. The Morgan fingerprint density at radius 2 is 1.95 bits per heavy atom. The van der Waals surface area contributed by atoms with Gasteiger partial charge >= 0.3 is 0 Å². The fraction of sp³-hybridized carbons (Fsp3) is 0.500. The highest BCUT2D eigenvalue weighted by Crippen LogP contribution is 2.34. The molecule has 1 atom stereocenters. The Morgan fingerprint density at radius 3 is 2.55 bits per heavy atom. The minimum absolute atomic E-state index is 0.149. The van der Waals surface area contributed by atoms with Crippen molar-refractivity contribution in [1.82, 2.24) is 4.90 Å². The van der Waals surface area contributed by atoms with E-state index in [1.165, 1.54) is 0 Å². The van der Waals surface area contributed by atoms with E-state index in [-0.39, 0.29) is 11.9 Å². The van der Waals surface area contributed by atoms with Gasteiger partial charge in [0.2, 0.25) is 5.91 Å². The van der Waals surface area contributed by atoms with Crippen LogP contribution in [0.5, 0.6) is 5.75 Å². The predicted octanol–water partition coefficient (Wildman–Crippen LogP) is 3.64. The minimum atomic E-state index is -0.254. The van der Waals surface area contributed by atoms with E-state index in [0.29, 0.717) is 0 Å². The van der Waals surface area contributed by atoms with E-state index in [1.807, 2.05) is 24.0 Å². The maximum Gasteiger partial charge on any atom is 0.244 e. The number of likely N-dealkylation sites (tertiary alicyclic amines) is 1. The van der Waals surface area contributed by atoms with E-state index < -0.39 is 0 Å². The Hall–Kier alpha value is -0.750. The third kappa shape index (κ3) is 3.47. The molecule has 0 radical (unpaired) electrons. The summed E-state index contributed by atoms with van der Waals surface area (Å²) in [6.07, 6.45) is 2.21. The molecule has 1 heterocycles. The van der Waals surface area contributed by atoms with E-state index >= 15 is 0 Å². The average Bonchev–Trinajstić information content (AvgIpc) is 2.94. The Balaban J connectivity index is 2.10. The molecule has 1 aliphatic rings. The van der Waals surface area contributed by atoms with Gasteiger partial charge in [0.15, 0.2) is 0 Å². The van der Waals surface area contributed by atoms with Crippen LogP contribution in [0.1, 0.15) is 19.8 Å². The number of benzene rings is 1. The van der Waals surface area contributed by atoms with Crippen LogP contribution in [0, 0.1) is 0 Å². The molecule has 20 heavy (non-hydrogen) atoms. The molecule has 1 aromatic carbocycles. The first-order valence-electron chi connectivity index (χ1n) is 6.61. The van der Waals surface area contributed by atoms with Crippen molar-refractivity contribution in [2.24, 2.45) is 0 Å². The zero-order chi connectivity index (χ0) is 14.7. The molecule has 0 saturated carbocycles. The highest BCUT2D eigenvalue weighted by Gasteiger charge is 2.23. The lowest BCUT2D eigenvalue weighted by Crippen LogP contribution is -2.39. The SMILES string of the molecule is COc1cc(NC(C)C(=O)N2CCCC2)c(Br)cc1Br. The van der Waals surface area contributed by atoms with Crippen LogP contribution in [0.4, 0.5) is 5.69 Å². The van der Waals surface area contributed by atoms with Crippen LogP contribution < -0.4 is 10.1 Å². The van der Waals surface area contributed by atoms with E-state index in [9.17, 15) is 4.79 Å². The monoisotopic (exact) mass is 404 g/mol. The van der Waals surface area contributed by atoms with Gasteiger partial charge in [0.25, 0.3) is 0 Å². The predicted molar refractivity (Wildman–Crippen MR) is 87.3 cm³/mol. The van der Waals surface area contributed by atoms with Crippen molar-refractivity contribution >= 4 is 43.5 Å². The Bertz CT molecular complexity index is 502. The number of nitrogens with zero attached hydrogens (tertiary/aromatic N) is 1. The molecule has 0 aliphatic carbocycles. The minimum Gasteiger partial charge on any atom is -0.495 e. The maximum atomic E-state index is 12.3. The number of methoxy groups -OCH3 is 1. The first-order valence-corrected chi connectivity index (χ1v) is 8.20. The van der Waals surface area contributed by atoms with Crippen molar-refractivity contribution in [1.29, 1.82) is 0 Å². The second-order valence-electron chi connectivity index (χ2n) is 4.87. The summed E-state index contributed by atoms with van der Waals surface area (Å²) in [5.41, 5.74) is 0.852. The fourth-order valence-electron chi connectivity index (χ4n) is 2.30. The van der Waals surface area contributed by atoms with Crippen LogP contribution >= 0.6 is 31.9 Å². The van der Waals surface area contributed by atoms with E-state index in [0.717, 1.165) is 46.3 Å². The number of anilines is 1. The van der Waals surface area contributed by atoms with Gasteiger partial charge in [-0.2, -0.15) is 0 Å². The molecule has 1 aromatic rings. The summed E-state index contributed by atoms with van der Waals surface area (Å²) in [5.74, 6) is 0.882. The molecule has 0 bridgehead atoms. The van der Waals surface area contributed by atoms with Crippen molar-refractivity contribution in [3.63, 3.8) is 0 Å². The molecule has 1 saturated heterocycles.